The van der Waals surface area contributed by atoms with E-state index in [1.807, 2.05) is 30.5 Å². The number of carbonyl (C=O) groups is 1. The number of amides is 1. The second kappa shape index (κ2) is 11.0. The van der Waals surface area contributed by atoms with E-state index in [-0.39, 0.29) is 17.4 Å². The van der Waals surface area contributed by atoms with Gasteiger partial charge in [0.05, 0.1) is 22.1 Å². The summed E-state index contributed by atoms with van der Waals surface area (Å²) in [6.07, 6.45) is 0.623. The number of nitrogens with one attached hydrogen (secondary N) is 2. The van der Waals surface area contributed by atoms with E-state index < -0.39 is 0 Å². The summed E-state index contributed by atoms with van der Waals surface area (Å²) in [4.78, 5) is 12.6. The lowest BCUT2D eigenvalue weighted by Gasteiger charge is -2.08. The van der Waals surface area contributed by atoms with E-state index in [1.165, 1.54) is 29.5 Å². The van der Waals surface area contributed by atoms with Gasteiger partial charge in [0.15, 0.2) is 0 Å². The molecule has 0 bridgehead atoms. The van der Waals surface area contributed by atoms with Gasteiger partial charge in [-0.05, 0) is 61.9 Å². The zero-order valence-electron chi connectivity index (χ0n) is 19.9. The maximum atomic E-state index is 12.6. The highest BCUT2D eigenvalue weighted by molar-refractivity contribution is 7.99. The van der Waals surface area contributed by atoms with Gasteiger partial charge < -0.3 is 5.11 Å². The molecule has 178 valence electrons. The monoisotopic (exact) mass is 485 g/mol. The van der Waals surface area contributed by atoms with Crippen LogP contribution in [-0.2, 0) is 4.79 Å². The molecule has 0 unspecified atom stereocenters. The second-order valence-corrected chi connectivity index (χ2v) is 9.09. The van der Waals surface area contributed by atoms with Crippen LogP contribution in [0.3, 0.4) is 0 Å². The molecule has 35 heavy (non-hydrogen) atoms. The molecule has 1 amide bonds. The molecule has 0 fully saturated rings. The molecule has 0 atom stereocenters. The third-order valence-electron chi connectivity index (χ3n) is 5.46. The summed E-state index contributed by atoms with van der Waals surface area (Å²) in [5.41, 5.74) is 8.45. The largest absolute Gasteiger partial charge is 0.872 e. The molecule has 8 heteroatoms. The van der Waals surface area contributed by atoms with E-state index in [1.54, 1.807) is 12.1 Å². The lowest BCUT2D eigenvalue weighted by Crippen LogP contribution is -2.34. The van der Waals surface area contributed by atoms with Crippen LogP contribution in [0.4, 0.5) is 0 Å². The van der Waals surface area contributed by atoms with Crippen LogP contribution >= 0.6 is 11.8 Å². The molecule has 4 aromatic rings. The fourth-order valence-corrected chi connectivity index (χ4v) is 4.28. The molecule has 0 aliphatic heterocycles. The van der Waals surface area contributed by atoms with Gasteiger partial charge in [-0.15, -0.1) is 10.8 Å². The van der Waals surface area contributed by atoms with Crippen molar-refractivity contribution >= 4 is 23.4 Å². The normalized spacial score (nSPS) is 11.5. The molecule has 1 aromatic heterocycles. The number of thioether (sulfide) groups is 1. The van der Waals surface area contributed by atoms with E-state index >= 15 is 0 Å². The molecule has 1 heterocycles. The number of hydrogen-bond acceptors (Lipinski definition) is 5. The van der Waals surface area contributed by atoms with Crippen LogP contribution in [0.25, 0.3) is 17.1 Å². The maximum absolute atomic E-state index is 12.6. The van der Waals surface area contributed by atoms with Crippen LogP contribution in [0.1, 0.15) is 30.0 Å². The lowest BCUT2D eigenvalue weighted by atomic mass is 10.1. The van der Waals surface area contributed by atoms with Crippen molar-refractivity contribution in [3.8, 4) is 22.8 Å². The van der Waals surface area contributed by atoms with E-state index in [0.717, 1.165) is 28.2 Å². The van der Waals surface area contributed by atoms with Crippen LogP contribution in [0.2, 0.25) is 0 Å². The summed E-state index contributed by atoms with van der Waals surface area (Å²) in [6, 6.07) is 22.8. The Bertz CT molecular complexity index is 1330. The number of aromatic amines is 1. The van der Waals surface area contributed by atoms with Crippen molar-refractivity contribution < 1.29 is 14.5 Å². The number of hydrazone groups is 1. The molecule has 7 nitrogen and oxygen atoms in total. The smallest absolute Gasteiger partial charge is 0.342 e. The first-order valence-corrected chi connectivity index (χ1v) is 12.3. The minimum atomic E-state index is -0.239. The first kappa shape index (κ1) is 24.2. The third kappa shape index (κ3) is 5.96. The average molecular weight is 486 g/mol. The Morgan fingerprint density at radius 2 is 1.63 bits per heavy atom. The fraction of sp³-hybridized carbons (Fsp3) is 0.185. The number of H-pyrrole nitrogens is 1. The van der Waals surface area contributed by atoms with E-state index in [2.05, 4.69) is 64.0 Å². The third-order valence-corrected chi connectivity index (χ3v) is 6.40. The molecular formula is C27H27N5O2S. The molecule has 0 saturated heterocycles. The average Bonchev–Trinajstić information content (AvgIpc) is 3.29. The number of nitrogens with zero attached hydrogens (tertiary/aromatic N) is 3. The quantitative estimate of drug-likeness (QED) is 0.170. The molecule has 0 radical (unpaired) electrons. The second-order valence-electron chi connectivity index (χ2n) is 8.15. The van der Waals surface area contributed by atoms with Crippen LogP contribution < -0.4 is 15.1 Å². The van der Waals surface area contributed by atoms with Gasteiger partial charge >= 0.3 is 5.16 Å². The fourth-order valence-electron chi connectivity index (χ4n) is 3.52. The molecule has 4 rings (SSSR count). The number of benzene rings is 3. The van der Waals surface area contributed by atoms with Crippen molar-refractivity contribution in [2.75, 3.05) is 5.75 Å². The first-order chi connectivity index (χ1) is 16.9. The first-order valence-electron chi connectivity index (χ1n) is 11.3. The highest BCUT2D eigenvalue weighted by Gasteiger charge is 2.24. The minimum Gasteiger partial charge on any atom is -0.872 e. The summed E-state index contributed by atoms with van der Waals surface area (Å²) < 4.78 is 2.02. The molecule has 3 aromatic carbocycles. The van der Waals surface area contributed by atoms with E-state index in [0.29, 0.717) is 17.3 Å². The zero-order valence-corrected chi connectivity index (χ0v) is 20.7. The molecule has 0 saturated carbocycles. The van der Waals surface area contributed by atoms with E-state index in [4.69, 9.17) is 0 Å². The number of aryl methyl sites for hydroxylation is 2. The summed E-state index contributed by atoms with van der Waals surface area (Å²) in [5.74, 6) is 0.682. The van der Waals surface area contributed by atoms with Crippen molar-refractivity contribution in [2.45, 2.75) is 32.3 Å². The van der Waals surface area contributed by atoms with Crippen LogP contribution in [0, 0.1) is 13.8 Å². The number of rotatable bonds is 8. The molecule has 2 N–H and O–H groups in total. The number of aromatic nitrogens is 3. The predicted molar refractivity (Wildman–Crippen MR) is 137 cm³/mol. The molecule has 0 aliphatic carbocycles. The van der Waals surface area contributed by atoms with Crippen LogP contribution in [0.15, 0.2) is 83.1 Å². The highest BCUT2D eigenvalue weighted by Crippen LogP contribution is 2.21. The van der Waals surface area contributed by atoms with Crippen LogP contribution in [-0.4, -0.2) is 27.6 Å². The van der Waals surface area contributed by atoms with Gasteiger partial charge in [-0.2, -0.15) is 9.67 Å². The number of carbonyl (C=O) groups excluding carboxylic acids is 1. The minimum absolute atomic E-state index is 0.0597. The molecule has 0 aliphatic rings. The Morgan fingerprint density at radius 3 is 2.26 bits per heavy atom. The summed E-state index contributed by atoms with van der Waals surface area (Å²) in [6.45, 7) is 6.05. The Kier molecular flexibility index (Phi) is 7.62. The lowest BCUT2D eigenvalue weighted by molar-refractivity contribution is -0.625. The molecular weight excluding hydrogens is 458 g/mol. The molecule has 0 spiro atoms. The maximum Gasteiger partial charge on any atom is 0.342 e. The van der Waals surface area contributed by atoms with Crippen molar-refractivity contribution in [2.24, 2.45) is 5.10 Å². The van der Waals surface area contributed by atoms with Gasteiger partial charge in [0, 0.05) is 0 Å². The Labute approximate surface area is 208 Å². The van der Waals surface area contributed by atoms with Crippen LogP contribution in [0.5, 0.6) is 5.75 Å². The highest BCUT2D eigenvalue weighted by atomic mass is 32.2. The Balaban J connectivity index is 1.53. The Hall–Kier alpha value is -3.91. The SMILES string of the molecule is CC/C(=N/NC(=O)CSc1n[nH]c(-c2ccc(C)cc2)[n+]1-c1ccc(C)cc1)c1ccc([O-])cc1. The summed E-state index contributed by atoms with van der Waals surface area (Å²) in [7, 11) is 0. The van der Waals surface area contributed by atoms with Gasteiger partial charge in [-0.3, -0.25) is 4.79 Å². The van der Waals surface area contributed by atoms with Gasteiger partial charge in [-0.1, -0.05) is 66.6 Å². The van der Waals surface area contributed by atoms with Crippen molar-refractivity contribution in [1.29, 1.82) is 0 Å². The topological polar surface area (TPSA) is 97.1 Å². The van der Waals surface area contributed by atoms with Gasteiger partial charge in [0.1, 0.15) is 5.69 Å². The predicted octanol–water partition coefficient (Wildman–Crippen LogP) is 4.07. The van der Waals surface area contributed by atoms with Crippen molar-refractivity contribution in [1.82, 2.24) is 15.6 Å². The van der Waals surface area contributed by atoms with Gasteiger partial charge in [0.2, 0.25) is 0 Å². The van der Waals surface area contributed by atoms with E-state index in [9.17, 15) is 9.90 Å². The van der Waals surface area contributed by atoms with Gasteiger partial charge in [0.25, 0.3) is 11.7 Å². The number of hydrogen-bond donors (Lipinski definition) is 2. The summed E-state index contributed by atoms with van der Waals surface area (Å²) in [5, 5.41) is 23.9. The van der Waals surface area contributed by atoms with Crippen molar-refractivity contribution in [3.05, 3.63) is 89.5 Å². The standard InChI is InChI=1S/C27H27N5O2S/c1-4-24(20-11-15-23(33)16-12-20)28-29-25(34)17-35-27-31-30-26(21-9-5-18(2)6-10-21)32(27)22-13-7-19(3)8-14-22/h5-16H,4,17H2,1-3H3,(H2,28,29,33,34). The summed E-state index contributed by atoms with van der Waals surface area (Å²) >= 11 is 1.33. The van der Waals surface area contributed by atoms with Gasteiger partial charge in [-0.25, -0.2) is 5.43 Å². The zero-order chi connectivity index (χ0) is 24.8. The Morgan fingerprint density at radius 1 is 1.00 bits per heavy atom. The van der Waals surface area contributed by atoms with Crippen molar-refractivity contribution in [3.63, 3.8) is 0 Å².